The summed E-state index contributed by atoms with van der Waals surface area (Å²) < 4.78 is 28.0. The highest BCUT2D eigenvalue weighted by molar-refractivity contribution is 7.92. The van der Waals surface area contributed by atoms with E-state index in [1.165, 1.54) is 0 Å². The molecule has 0 amide bonds. The van der Waals surface area contributed by atoms with Gasteiger partial charge in [-0.3, -0.25) is 9.59 Å². The van der Waals surface area contributed by atoms with E-state index in [1.54, 1.807) is 25.1 Å². The Morgan fingerprint density at radius 3 is 2.30 bits per heavy atom. The van der Waals surface area contributed by atoms with E-state index in [9.17, 15) is 18.0 Å². The van der Waals surface area contributed by atoms with Gasteiger partial charge in [-0.15, -0.1) is 0 Å². The Labute approximate surface area is 118 Å². The third kappa shape index (κ3) is 4.77. The fourth-order valence-corrected chi connectivity index (χ4v) is 2.74. The van der Waals surface area contributed by atoms with Crippen LogP contribution in [0.1, 0.15) is 28.4 Å². The van der Waals surface area contributed by atoms with Crippen molar-refractivity contribution in [2.45, 2.75) is 20.8 Å². The van der Waals surface area contributed by atoms with E-state index in [4.69, 9.17) is 0 Å². The molecule has 0 radical (unpaired) electrons. The second kappa shape index (κ2) is 6.65. The summed E-state index contributed by atoms with van der Waals surface area (Å²) in [5.41, 5.74) is 2.27. The van der Waals surface area contributed by atoms with Gasteiger partial charge in [0, 0.05) is 5.56 Å². The molecule has 0 N–H and O–H groups in total. The molecule has 6 heteroatoms. The normalized spacial score (nSPS) is 11.2. The molecule has 0 aliphatic rings. The Morgan fingerprint density at radius 1 is 1.10 bits per heavy atom. The minimum Gasteiger partial charge on any atom is -0.465 e. The molecule has 0 saturated heterocycles. The molecule has 0 heterocycles. The van der Waals surface area contributed by atoms with E-state index >= 15 is 0 Å². The van der Waals surface area contributed by atoms with Gasteiger partial charge in [-0.1, -0.05) is 12.1 Å². The van der Waals surface area contributed by atoms with Gasteiger partial charge in [0.25, 0.3) is 0 Å². The van der Waals surface area contributed by atoms with Gasteiger partial charge in [0.15, 0.2) is 15.6 Å². The number of esters is 1. The fourth-order valence-electron chi connectivity index (χ4n) is 1.63. The van der Waals surface area contributed by atoms with Crippen molar-refractivity contribution in [3.63, 3.8) is 0 Å². The van der Waals surface area contributed by atoms with Crippen molar-refractivity contribution in [1.29, 1.82) is 0 Å². The SMILES string of the molecule is CCOC(=O)CS(=O)(=O)CC(=O)c1ccc(C)c(C)c1. The number of benzene rings is 1. The van der Waals surface area contributed by atoms with Gasteiger partial charge >= 0.3 is 5.97 Å². The van der Waals surface area contributed by atoms with Crippen molar-refractivity contribution in [1.82, 2.24) is 0 Å². The predicted molar refractivity (Wildman–Crippen MR) is 75.5 cm³/mol. The summed E-state index contributed by atoms with van der Waals surface area (Å²) in [6.07, 6.45) is 0. The number of carbonyl (C=O) groups excluding carboxylic acids is 2. The Bertz CT molecular complexity index is 616. The highest BCUT2D eigenvalue weighted by atomic mass is 32.2. The summed E-state index contributed by atoms with van der Waals surface area (Å²) >= 11 is 0. The monoisotopic (exact) mass is 298 g/mol. The minimum atomic E-state index is -3.80. The molecule has 0 unspecified atom stereocenters. The number of ether oxygens (including phenoxy) is 1. The molecule has 0 atom stereocenters. The largest absolute Gasteiger partial charge is 0.465 e. The third-order valence-corrected chi connectivity index (χ3v) is 4.20. The average Bonchev–Trinajstić information content (AvgIpc) is 2.31. The predicted octanol–water partition coefficient (Wildman–Crippen LogP) is 1.46. The van der Waals surface area contributed by atoms with E-state index in [2.05, 4.69) is 4.74 Å². The van der Waals surface area contributed by atoms with Crippen LogP contribution in [0.4, 0.5) is 0 Å². The van der Waals surface area contributed by atoms with Crippen LogP contribution in [-0.4, -0.2) is 38.3 Å². The number of hydrogen-bond donors (Lipinski definition) is 0. The molecule has 0 spiro atoms. The smallest absolute Gasteiger partial charge is 0.321 e. The van der Waals surface area contributed by atoms with Gasteiger partial charge in [-0.25, -0.2) is 8.42 Å². The number of rotatable bonds is 6. The van der Waals surface area contributed by atoms with Gasteiger partial charge < -0.3 is 4.74 Å². The summed E-state index contributed by atoms with van der Waals surface area (Å²) in [6, 6.07) is 5.00. The third-order valence-electron chi connectivity index (χ3n) is 2.82. The molecule has 20 heavy (non-hydrogen) atoms. The number of Topliss-reactive ketones (excluding diaryl/α,β-unsaturated/α-hetero) is 1. The zero-order valence-corrected chi connectivity index (χ0v) is 12.6. The maximum absolute atomic E-state index is 11.9. The summed E-state index contributed by atoms with van der Waals surface area (Å²) in [6.45, 7) is 5.45. The van der Waals surface area contributed by atoms with Crippen molar-refractivity contribution in [3.8, 4) is 0 Å². The molecule has 1 aromatic carbocycles. The maximum atomic E-state index is 11.9. The zero-order valence-electron chi connectivity index (χ0n) is 11.8. The Morgan fingerprint density at radius 2 is 1.75 bits per heavy atom. The van der Waals surface area contributed by atoms with Gasteiger partial charge in [0.2, 0.25) is 0 Å². The van der Waals surface area contributed by atoms with Crippen LogP contribution < -0.4 is 0 Å². The van der Waals surface area contributed by atoms with E-state index in [-0.39, 0.29) is 6.61 Å². The lowest BCUT2D eigenvalue weighted by Gasteiger charge is -2.06. The maximum Gasteiger partial charge on any atom is 0.321 e. The van der Waals surface area contributed by atoms with Crippen LogP contribution in [0.3, 0.4) is 0 Å². The number of sulfone groups is 1. The van der Waals surface area contributed by atoms with Crippen LogP contribution in [0.5, 0.6) is 0 Å². The summed E-state index contributed by atoms with van der Waals surface area (Å²) in [4.78, 5) is 23.1. The molecule has 0 aliphatic carbocycles. The fraction of sp³-hybridized carbons (Fsp3) is 0.429. The van der Waals surface area contributed by atoms with Crippen molar-refractivity contribution in [2.75, 3.05) is 18.1 Å². The van der Waals surface area contributed by atoms with Gasteiger partial charge in [0.05, 0.1) is 6.61 Å². The lowest BCUT2D eigenvalue weighted by molar-refractivity contribution is -0.139. The highest BCUT2D eigenvalue weighted by Crippen LogP contribution is 2.11. The zero-order chi connectivity index (χ0) is 15.3. The van der Waals surface area contributed by atoms with Crippen LogP contribution in [0.2, 0.25) is 0 Å². The van der Waals surface area contributed by atoms with Crippen molar-refractivity contribution < 1.29 is 22.7 Å². The van der Waals surface area contributed by atoms with Gasteiger partial charge in [0.1, 0.15) is 11.5 Å². The molecule has 1 rings (SSSR count). The second-order valence-electron chi connectivity index (χ2n) is 4.56. The lowest BCUT2D eigenvalue weighted by atomic mass is 10.0. The molecular weight excluding hydrogens is 280 g/mol. The molecule has 1 aromatic rings. The van der Waals surface area contributed by atoms with Crippen molar-refractivity contribution in [3.05, 3.63) is 34.9 Å². The van der Waals surface area contributed by atoms with E-state index in [0.29, 0.717) is 5.56 Å². The molecule has 0 bridgehead atoms. The van der Waals surface area contributed by atoms with Crippen LogP contribution >= 0.6 is 0 Å². The first-order chi connectivity index (χ1) is 9.25. The summed E-state index contributed by atoms with van der Waals surface area (Å²) in [5, 5.41) is 0. The van der Waals surface area contributed by atoms with E-state index in [0.717, 1.165) is 11.1 Å². The average molecular weight is 298 g/mol. The summed E-state index contributed by atoms with van der Waals surface area (Å²) in [5.74, 6) is -2.80. The van der Waals surface area contributed by atoms with Crippen LogP contribution in [0.15, 0.2) is 18.2 Å². The topological polar surface area (TPSA) is 77.5 Å². The van der Waals surface area contributed by atoms with E-state index in [1.807, 2.05) is 13.8 Å². The van der Waals surface area contributed by atoms with E-state index < -0.39 is 33.1 Å². The number of hydrogen-bond acceptors (Lipinski definition) is 5. The Balaban J connectivity index is 2.79. The first kappa shape index (κ1) is 16.4. The molecule has 110 valence electrons. The quantitative estimate of drug-likeness (QED) is 0.587. The standard InChI is InChI=1S/C14H18O5S/c1-4-19-14(16)9-20(17,18)8-13(15)12-6-5-10(2)11(3)7-12/h5-7H,4,8-9H2,1-3H3. The number of aryl methyl sites for hydroxylation is 2. The second-order valence-corrected chi connectivity index (χ2v) is 6.62. The molecule has 0 aromatic heterocycles. The minimum absolute atomic E-state index is 0.111. The van der Waals surface area contributed by atoms with Crippen LogP contribution in [-0.2, 0) is 19.4 Å². The first-order valence-electron chi connectivity index (χ1n) is 6.21. The Kier molecular flexibility index (Phi) is 5.44. The summed E-state index contributed by atoms with van der Waals surface area (Å²) in [7, 11) is -3.80. The first-order valence-corrected chi connectivity index (χ1v) is 8.04. The van der Waals surface area contributed by atoms with Crippen LogP contribution in [0.25, 0.3) is 0 Å². The molecular formula is C14H18O5S. The van der Waals surface area contributed by atoms with Crippen molar-refractivity contribution >= 4 is 21.6 Å². The van der Waals surface area contributed by atoms with Crippen molar-refractivity contribution in [2.24, 2.45) is 0 Å². The lowest BCUT2D eigenvalue weighted by Crippen LogP contribution is -2.25. The highest BCUT2D eigenvalue weighted by Gasteiger charge is 2.22. The van der Waals surface area contributed by atoms with Gasteiger partial charge in [-0.05, 0) is 38.0 Å². The van der Waals surface area contributed by atoms with Crippen LogP contribution in [0, 0.1) is 13.8 Å². The number of ketones is 1. The molecule has 0 saturated carbocycles. The Hall–Kier alpha value is -1.69. The molecule has 0 fully saturated rings. The number of carbonyl (C=O) groups is 2. The molecule has 0 aliphatic heterocycles. The molecule has 5 nitrogen and oxygen atoms in total. The van der Waals surface area contributed by atoms with Gasteiger partial charge in [-0.2, -0.15) is 0 Å².